The molecular weight excluding hydrogens is 396 g/mol. The molecule has 4 rings (SSSR count). The summed E-state index contributed by atoms with van der Waals surface area (Å²) in [5, 5.41) is 0.748. The maximum atomic E-state index is 6.22. The maximum absolute atomic E-state index is 6.22. The molecule has 3 aromatic rings. The molecule has 1 fully saturated rings. The number of methoxy groups -OCH3 is 2. The first-order valence-corrected chi connectivity index (χ1v) is 10.4. The van der Waals surface area contributed by atoms with Crippen molar-refractivity contribution in [3.05, 3.63) is 42.5 Å². The van der Waals surface area contributed by atoms with Gasteiger partial charge in [0, 0.05) is 24.5 Å². The van der Waals surface area contributed by atoms with E-state index >= 15 is 0 Å². The number of piperidine rings is 1. The van der Waals surface area contributed by atoms with E-state index in [1.54, 1.807) is 14.2 Å². The molecule has 0 amide bonds. The lowest BCUT2D eigenvalue weighted by atomic mass is 10.1. The summed E-state index contributed by atoms with van der Waals surface area (Å²) in [5.74, 6) is 3.14. The predicted octanol–water partition coefficient (Wildman–Crippen LogP) is 3.29. The van der Waals surface area contributed by atoms with Crippen LogP contribution in [0.5, 0.6) is 17.2 Å². The standard InChI is InChI=1S/C23H28N4O4/c1-28-20-14-18-19(15-21(20)29-2)25-23(26-22(18)24)27-10-8-17(9-11-27)31-13-12-30-16-6-4-3-5-7-16/h3-7,14-15,17H,8-13H2,1-2H3,(H2,24,25,26). The number of nitrogens with zero attached hydrogens (tertiary/aromatic N) is 3. The molecule has 0 saturated carbocycles. The van der Waals surface area contributed by atoms with Gasteiger partial charge in [-0.2, -0.15) is 4.98 Å². The Hall–Kier alpha value is -3.26. The van der Waals surface area contributed by atoms with Gasteiger partial charge >= 0.3 is 0 Å². The van der Waals surface area contributed by atoms with Crippen LogP contribution in [0.15, 0.2) is 42.5 Å². The smallest absolute Gasteiger partial charge is 0.227 e. The lowest BCUT2D eigenvalue weighted by Crippen LogP contribution is -2.38. The minimum Gasteiger partial charge on any atom is -0.493 e. The Balaban J connectivity index is 1.34. The van der Waals surface area contributed by atoms with E-state index in [1.165, 1.54) is 0 Å². The van der Waals surface area contributed by atoms with E-state index < -0.39 is 0 Å². The number of para-hydroxylation sites is 1. The van der Waals surface area contributed by atoms with Crippen LogP contribution in [0, 0.1) is 0 Å². The maximum Gasteiger partial charge on any atom is 0.227 e. The van der Waals surface area contributed by atoms with E-state index in [9.17, 15) is 0 Å². The molecule has 2 N–H and O–H groups in total. The molecule has 1 aromatic heterocycles. The molecule has 0 radical (unpaired) electrons. The summed E-state index contributed by atoms with van der Waals surface area (Å²) in [6, 6.07) is 13.4. The molecule has 1 aliphatic rings. The van der Waals surface area contributed by atoms with Crippen LogP contribution in [0.25, 0.3) is 10.9 Å². The van der Waals surface area contributed by atoms with Crippen molar-refractivity contribution in [3.63, 3.8) is 0 Å². The molecule has 0 unspecified atom stereocenters. The van der Waals surface area contributed by atoms with E-state index in [0.29, 0.717) is 36.5 Å². The molecule has 0 atom stereocenters. The highest BCUT2D eigenvalue weighted by Crippen LogP contribution is 2.34. The van der Waals surface area contributed by atoms with Crippen molar-refractivity contribution in [1.82, 2.24) is 9.97 Å². The average molecular weight is 425 g/mol. The number of benzene rings is 2. The normalized spacial score (nSPS) is 14.6. The van der Waals surface area contributed by atoms with Crippen molar-refractivity contribution in [2.24, 2.45) is 0 Å². The van der Waals surface area contributed by atoms with Crippen LogP contribution in [-0.4, -0.2) is 56.6 Å². The Morgan fingerprint density at radius 2 is 1.68 bits per heavy atom. The molecule has 1 saturated heterocycles. The molecule has 1 aliphatic heterocycles. The molecule has 31 heavy (non-hydrogen) atoms. The fraction of sp³-hybridized carbons (Fsp3) is 0.391. The van der Waals surface area contributed by atoms with Crippen LogP contribution >= 0.6 is 0 Å². The van der Waals surface area contributed by atoms with Gasteiger partial charge in [0.2, 0.25) is 5.95 Å². The van der Waals surface area contributed by atoms with Crippen molar-refractivity contribution >= 4 is 22.7 Å². The van der Waals surface area contributed by atoms with Crippen LogP contribution < -0.4 is 24.8 Å². The van der Waals surface area contributed by atoms with E-state index in [-0.39, 0.29) is 6.10 Å². The second-order valence-corrected chi connectivity index (χ2v) is 7.35. The Bertz CT molecular complexity index is 1010. The van der Waals surface area contributed by atoms with Crippen LogP contribution in [0.3, 0.4) is 0 Å². The zero-order valence-corrected chi connectivity index (χ0v) is 17.9. The van der Waals surface area contributed by atoms with Gasteiger partial charge in [0.05, 0.1) is 32.4 Å². The molecule has 8 heteroatoms. The third-order valence-corrected chi connectivity index (χ3v) is 5.39. The van der Waals surface area contributed by atoms with Gasteiger partial charge in [-0.05, 0) is 31.0 Å². The Morgan fingerprint density at radius 3 is 2.39 bits per heavy atom. The summed E-state index contributed by atoms with van der Waals surface area (Å²) >= 11 is 0. The van der Waals surface area contributed by atoms with Crippen molar-refractivity contribution in [2.75, 3.05) is 51.2 Å². The number of hydrogen-bond acceptors (Lipinski definition) is 8. The lowest BCUT2D eigenvalue weighted by molar-refractivity contribution is 0.0201. The zero-order valence-electron chi connectivity index (χ0n) is 17.9. The molecule has 164 valence electrons. The largest absolute Gasteiger partial charge is 0.493 e. The Kier molecular flexibility index (Phi) is 6.57. The van der Waals surface area contributed by atoms with E-state index in [0.717, 1.165) is 42.6 Å². The summed E-state index contributed by atoms with van der Waals surface area (Å²) in [5.41, 5.74) is 6.96. The number of rotatable bonds is 8. The van der Waals surface area contributed by atoms with Crippen molar-refractivity contribution in [3.8, 4) is 17.2 Å². The monoisotopic (exact) mass is 424 g/mol. The second kappa shape index (κ2) is 9.70. The first-order valence-electron chi connectivity index (χ1n) is 10.4. The average Bonchev–Trinajstić information content (AvgIpc) is 2.82. The summed E-state index contributed by atoms with van der Waals surface area (Å²) < 4.78 is 22.4. The Morgan fingerprint density at radius 1 is 0.968 bits per heavy atom. The van der Waals surface area contributed by atoms with Gasteiger partial charge in [-0.25, -0.2) is 4.98 Å². The highest BCUT2D eigenvalue weighted by atomic mass is 16.5. The fourth-order valence-corrected chi connectivity index (χ4v) is 3.72. The zero-order chi connectivity index (χ0) is 21.6. The third-order valence-electron chi connectivity index (χ3n) is 5.39. The SMILES string of the molecule is COc1cc2nc(N3CCC(OCCOc4ccccc4)CC3)nc(N)c2cc1OC. The number of aromatic nitrogens is 2. The quantitative estimate of drug-likeness (QED) is 0.551. The number of nitrogen functional groups attached to an aromatic ring is 1. The Labute approximate surface area is 181 Å². The van der Waals surface area contributed by atoms with Crippen molar-refractivity contribution < 1.29 is 18.9 Å². The molecule has 8 nitrogen and oxygen atoms in total. The molecular formula is C23H28N4O4. The first kappa shape index (κ1) is 21.0. The van der Waals surface area contributed by atoms with Gasteiger partial charge in [0.25, 0.3) is 0 Å². The topological polar surface area (TPSA) is 92.0 Å². The van der Waals surface area contributed by atoms with E-state index in [2.05, 4.69) is 9.88 Å². The van der Waals surface area contributed by atoms with Crippen LogP contribution in [0.1, 0.15) is 12.8 Å². The number of hydrogen-bond donors (Lipinski definition) is 1. The number of fused-ring (bicyclic) bond motifs is 1. The summed E-state index contributed by atoms with van der Waals surface area (Å²) in [6.07, 6.45) is 2.01. The number of anilines is 2. The van der Waals surface area contributed by atoms with Gasteiger partial charge < -0.3 is 29.6 Å². The predicted molar refractivity (Wildman–Crippen MR) is 120 cm³/mol. The molecule has 0 aliphatic carbocycles. The minimum absolute atomic E-state index is 0.206. The van der Waals surface area contributed by atoms with Gasteiger partial charge in [0.15, 0.2) is 11.5 Å². The molecule has 2 heterocycles. The van der Waals surface area contributed by atoms with E-state index in [1.807, 2.05) is 42.5 Å². The highest BCUT2D eigenvalue weighted by molar-refractivity contribution is 5.91. The van der Waals surface area contributed by atoms with Gasteiger partial charge in [-0.15, -0.1) is 0 Å². The summed E-state index contributed by atoms with van der Waals surface area (Å²) in [6.45, 7) is 2.73. The number of ether oxygens (including phenoxy) is 4. The van der Waals surface area contributed by atoms with E-state index in [4.69, 9.17) is 29.7 Å². The van der Waals surface area contributed by atoms with Crippen molar-refractivity contribution in [2.45, 2.75) is 18.9 Å². The van der Waals surface area contributed by atoms with Crippen LogP contribution in [0.2, 0.25) is 0 Å². The molecule has 2 aromatic carbocycles. The lowest BCUT2D eigenvalue weighted by Gasteiger charge is -2.32. The third kappa shape index (κ3) is 4.91. The van der Waals surface area contributed by atoms with Gasteiger partial charge in [-0.1, -0.05) is 18.2 Å². The van der Waals surface area contributed by atoms with Gasteiger partial charge in [0.1, 0.15) is 18.2 Å². The minimum atomic E-state index is 0.206. The molecule has 0 spiro atoms. The van der Waals surface area contributed by atoms with Gasteiger partial charge in [-0.3, -0.25) is 0 Å². The van der Waals surface area contributed by atoms with Crippen molar-refractivity contribution in [1.29, 1.82) is 0 Å². The fourth-order valence-electron chi connectivity index (χ4n) is 3.72. The second-order valence-electron chi connectivity index (χ2n) is 7.35. The van der Waals surface area contributed by atoms with Crippen LogP contribution in [0.4, 0.5) is 11.8 Å². The first-order chi connectivity index (χ1) is 15.2. The highest BCUT2D eigenvalue weighted by Gasteiger charge is 2.23. The summed E-state index contributed by atoms with van der Waals surface area (Å²) in [7, 11) is 3.19. The van der Waals surface area contributed by atoms with Crippen LogP contribution in [-0.2, 0) is 4.74 Å². The number of nitrogens with two attached hydrogens (primary N) is 1. The molecule has 0 bridgehead atoms. The summed E-state index contributed by atoms with van der Waals surface area (Å²) in [4.78, 5) is 11.4.